The fourth-order valence-electron chi connectivity index (χ4n) is 2.18. The van der Waals surface area contributed by atoms with E-state index in [4.69, 9.17) is 26.8 Å². The predicted octanol–water partition coefficient (Wildman–Crippen LogP) is -3.91. The van der Waals surface area contributed by atoms with Crippen molar-refractivity contribution in [2.45, 2.75) is 56.8 Å². The first kappa shape index (κ1) is 27.2. The molecule has 174 valence electrons. The molecule has 15 nitrogen and oxygen atoms in total. The first-order chi connectivity index (χ1) is 14.2. The lowest BCUT2D eigenvalue weighted by molar-refractivity contribution is -0.147. The topological polar surface area (TPSA) is 268 Å². The van der Waals surface area contributed by atoms with Crippen molar-refractivity contribution in [3.8, 4) is 0 Å². The molecule has 10 N–H and O–H groups in total. The Labute approximate surface area is 175 Å². The van der Waals surface area contributed by atoms with E-state index in [1.54, 1.807) is 0 Å². The zero-order chi connectivity index (χ0) is 24.3. The minimum absolute atomic E-state index is 0.450. The third-order valence-corrected chi connectivity index (χ3v) is 3.78. The van der Waals surface area contributed by atoms with E-state index in [9.17, 15) is 33.6 Å². The molecular weight excluding hydrogens is 422 g/mol. The minimum atomic E-state index is -1.82. The van der Waals surface area contributed by atoms with Crippen molar-refractivity contribution in [3.05, 3.63) is 0 Å². The van der Waals surface area contributed by atoms with Gasteiger partial charge in [0.05, 0.1) is 18.9 Å². The first-order valence-electron chi connectivity index (χ1n) is 8.86. The Kier molecular flexibility index (Phi) is 11.2. The van der Waals surface area contributed by atoms with Crippen molar-refractivity contribution in [2.75, 3.05) is 0 Å². The number of hydrogen-bond acceptors (Lipinski definition) is 8. The van der Waals surface area contributed by atoms with Gasteiger partial charge < -0.3 is 42.7 Å². The monoisotopic (exact) mass is 447 g/mol. The molecule has 0 heterocycles. The van der Waals surface area contributed by atoms with Gasteiger partial charge >= 0.3 is 17.9 Å². The van der Waals surface area contributed by atoms with Crippen LogP contribution in [-0.2, 0) is 33.6 Å². The normalized spacial score (nSPS) is 14.3. The summed E-state index contributed by atoms with van der Waals surface area (Å²) in [7, 11) is 0. The molecule has 0 aliphatic rings. The molecule has 0 aromatic carbocycles. The second-order valence-electron chi connectivity index (χ2n) is 6.50. The van der Waals surface area contributed by atoms with Gasteiger partial charge in [-0.25, -0.2) is 4.79 Å². The molecule has 0 radical (unpaired) electrons. The summed E-state index contributed by atoms with van der Waals surface area (Å²) in [5.74, 6) is -8.29. The lowest BCUT2D eigenvalue weighted by atomic mass is 10.1. The zero-order valence-corrected chi connectivity index (χ0v) is 16.5. The summed E-state index contributed by atoms with van der Waals surface area (Å²) in [6.45, 7) is 1.21. The van der Waals surface area contributed by atoms with Crippen LogP contribution in [0.3, 0.4) is 0 Å². The van der Waals surface area contributed by atoms with Crippen molar-refractivity contribution < 1.29 is 48.9 Å². The Balaban J connectivity index is 5.21. The Morgan fingerprint density at radius 2 is 1.32 bits per heavy atom. The smallest absolute Gasteiger partial charge is 0.326 e. The number of primary amides is 1. The third kappa shape index (κ3) is 11.1. The van der Waals surface area contributed by atoms with Crippen LogP contribution in [0.15, 0.2) is 0 Å². The third-order valence-electron chi connectivity index (χ3n) is 3.78. The Morgan fingerprint density at radius 3 is 1.77 bits per heavy atom. The van der Waals surface area contributed by atoms with Gasteiger partial charge in [-0.15, -0.1) is 0 Å². The maximum absolute atomic E-state index is 12.3. The lowest BCUT2D eigenvalue weighted by Crippen LogP contribution is -2.56. The van der Waals surface area contributed by atoms with Crippen LogP contribution in [0.1, 0.15) is 32.6 Å². The van der Waals surface area contributed by atoms with E-state index in [1.807, 2.05) is 5.32 Å². The van der Waals surface area contributed by atoms with Crippen LogP contribution in [0.5, 0.6) is 0 Å². The second kappa shape index (κ2) is 12.7. The summed E-state index contributed by atoms with van der Waals surface area (Å²) in [5.41, 5.74) is 10.4. The number of carboxylic acid groups (broad SMARTS) is 3. The average molecular weight is 447 g/mol. The molecule has 4 unspecified atom stereocenters. The minimum Gasteiger partial charge on any atom is -0.481 e. The number of nitrogens with two attached hydrogens (primary N) is 2. The molecule has 4 atom stereocenters. The van der Waals surface area contributed by atoms with Crippen molar-refractivity contribution in [1.29, 1.82) is 0 Å². The van der Waals surface area contributed by atoms with Gasteiger partial charge in [0.2, 0.25) is 23.6 Å². The molecule has 15 heteroatoms. The number of carbonyl (C=O) groups is 7. The number of carboxylic acids is 3. The van der Waals surface area contributed by atoms with E-state index in [0.717, 1.165) is 0 Å². The summed E-state index contributed by atoms with van der Waals surface area (Å²) in [5, 5.41) is 32.8. The zero-order valence-electron chi connectivity index (χ0n) is 16.5. The molecule has 4 amide bonds. The highest BCUT2D eigenvalue weighted by molar-refractivity contribution is 5.95. The van der Waals surface area contributed by atoms with Gasteiger partial charge in [0.1, 0.15) is 18.1 Å². The van der Waals surface area contributed by atoms with Gasteiger partial charge in [-0.05, 0) is 13.3 Å². The highest BCUT2D eigenvalue weighted by Gasteiger charge is 2.30. The van der Waals surface area contributed by atoms with Gasteiger partial charge in [0.25, 0.3) is 0 Å². The number of rotatable bonds is 14. The van der Waals surface area contributed by atoms with Crippen LogP contribution in [0.2, 0.25) is 0 Å². The van der Waals surface area contributed by atoms with Crippen molar-refractivity contribution in [1.82, 2.24) is 16.0 Å². The lowest BCUT2D eigenvalue weighted by Gasteiger charge is -2.23. The fraction of sp³-hybridized carbons (Fsp3) is 0.562. The number of nitrogens with one attached hydrogen (secondary N) is 3. The molecule has 0 aliphatic carbocycles. The number of carbonyl (C=O) groups excluding carboxylic acids is 4. The standard InChI is InChI=1S/C16H25N5O10/c1-6(19-14(28)7(17)4-10(18)22)13(27)20-8(2-3-11(23)24)15(29)21-9(16(30)31)5-12(25)26/h6-9H,2-5,17H2,1H3,(H2,18,22)(H,19,28)(H,20,27)(H,21,29)(H,23,24)(H,25,26)(H,30,31). The molecule has 0 bridgehead atoms. The summed E-state index contributed by atoms with van der Waals surface area (Å²) >= 11 is 0. The molecule has 0 aliphatic heterocycles. The second-order valence-corrected chi connectivity index (χ2v) is 6.50. The number of amides is 4. The molecule has 0 rings (SSSR count). The Bertz CT molecular complexity index is 740. The molecule has 0 saturated carbocycles. The van der Waals surface area contributed by atoms with E-state index in [0.29, 0.717) is 0 Å². The van der Waals surface area contributed by atoms with Gasteiger partial charge in [-0.3, -0.25) is 28.8 Å². The SMILES string of the molecule is CC(NC(=O)C(N)CC(N)=O)C(=O)NC(CCC(=O)O)C(=O)NC(CC(=O)O)C(=O)O. The van der Waals surface area contributed by atoms with E-state index in [2.05, 4.69) is 10.6 Å². The highest BCUT2D eigenvalue weighted by Crippen LogP contribution is 2.02. The summed E-state index contributed by atoms with van der Waals surface area (Å²) in [6, 6.07) is -5.97. The van der Waals surface area contributed by atoms with E-state index < -0.39 is 91.4 Å². The van der Waals surface area contributed by atoms with Crippen molar-refractivity contribution in [2.24, 2.45) is 11.5 Å². The highest BCUT2D eigenvalue weighted by atomic mass is 16.4. The van der Waals surface area contributed by atoms with Gasteiger partial charge in [-0.2, -0.15) is 0 Å². The maximum Gasteiger partial charge on any atom is 0.326 e. The molecule has 0 aromatic rings. The molecular formula is C16H25N5O10. The summed E-state index contributed by atoms with van der Waals surface area (Å²) in [6.07, 6.45) is -2.47. The van der Waals surface area contributed by atoms with Crippen LogP contribution in [-0.4, -0.2) is 81.0 Å². The molecule has 0 aromatic heterocycles. The van der Waals surface area contributed by atoms with Gasteiger partial charge in [-0.1, -0.05) is 0 Å². The number of aliphatic carboxylic acids is 3. The van der Waals surface area contributed by atoms with Crippen molar-refractivity contribution >= 4 is 41.5 Å². The fourth-order valence-corrected chi connectivity index (χ4v) is 2.18. The van der Waals surface area contributed by atoms with Crippen LogP contribution in [0, 0.1) is 0 Å². The van der Waals surface area contributed by atoms with E-state index in [-0.39, 0.29) is 0 Å². The molecule has 0 saturated heterocycles. The molecule has 31 heavy (non-hydrogen) atoms. The summed E-state index contributed by atoms with van der Waals surface area (Å²) < 4.78 is 0. The largest absolute Gasteiger partial charge is 0.481 e. The van der Waals surface area contributed by atoms with Gasteiger partial charge in [0, 0.05) is 6.42 Å². The summed E-state index contributed by atoms with van der Waals surface area (Å²) in [4.78, 5) is 79.9. The molecule has 0 fully saturated rings. The van der Waals surface area contributed by atoms with Crippen LogP contribution < -0.4 is 27.4 Å². The predicted molar refractivity (Wildman–Crippen MR) is 100 cm³/mol. The van der Waals surface area contributed by atoms with Gasteiger partial charge in [0.15, 0.2) is 0 Å². The van der Waals surface area contributed by atoms with Crippen LogP contribution >= 0.6 is 0 Å². The van der Waals surface area contributed by atoms with Crippen LogP contribution in [0.4, 0.5) is 0 Å². The first-order valence-corrected chi connectivity index (χ1v) is 8.86. The molecule has 0 spiro atoms. The van der Waals surface area contributed by atoms with E-state index in [1.165, 1.54) is 6.92 Å². The van der Waals surface area contributed by atoms with E-state index >= 15 is 0 Å². The maximum atomic E-state index is 12.3. The number of hydrogen-bond donors (Lipinski definition) is 8. The Hall–Kier alpha value is -3.75. The van der Waals surface area contributed by atoms with Crippen LogP contribution in [0.25, 0.3) is 0 Å². The quantitative estimate of drug-likeness (QED) is 0.127. The Morgan fingerprint density at radius 1 is 0.774 bits per heavy atom. The average Bonchev–Trinajstić information content (AvgIpc) is 2.62. The van der Waals surface area contributed by atoms with Crippen molar-refractivity contribution in [3.63, 3.8) is 0 Å².